The second-order valence-electron chi connectivity index (χ2n) is 8.50. The number of hydrogen-bond acceptors (Lipinski definition) is 4. The number of anilines is 1. The number of halogens is 1. The molecular formula is C24H26FN3OS. The van der Waals surface area contributed by atoms with E-state index >= 15 is 0 Å². The SMILES string of the molecule is Fc1ccc2c3c([nH]c2c1)CCN(c1ccc2c(c1)CCC(N1CCOCC1)S2)C3. The van der Waals surface area contributed by atoms with Crippen molar-refractivity contribution in [3.8, 4) is 0 Å². The van der Waals surface area contributed by atoms with Crippen molar-refractivity contribution in [1.82, 2.24) is 9.88 Å². The summed E-state index contributed by atoms with van der Waals surface area (Å²) in [5, 5.41) is 1.73. The van der Waals surface area contributed by atoms with Crippen LogP contribution in [0.2, 0.25) is 0 Å². The number of ether oxygens (including phenoxy) is 1. The van der Waals surface area contributed by atoms with Crippen LogP contribution in [0.25, 0.3) is 10.9 Å². The van der Waals surface area contributed by atoms with Crippen molar-refractivity contribution in [2.24, 2.45) is 0 Å². The third-order valence-corrected chi connectivity index (χ3v) is 8.18. The molecule has 1 fully saturated rings. The van der Waals surface area contributed by atoms with Gasteiger partial charge < -0.3 is 14.6 Å². The lowest BCUT2D eigenvalue weighted by atomic mass is 10.0. The number of nitrogens with zero attached hydrogens (tertiary/aromatic N) is 2. The van der Waals surface area contributed by atoms with E-state index in [0.717, 1.165) is 63.1 Å². The first kappa shape index (κ1) is 18.7. The van der Waals surface area contributed by atoms with Crippen LogP contribution in [-0.2, 0) is 24.1 Å². The predicted molar refractivity (Wildman–Crippen MR) is 120 cm³/mol. The molecule has 0 aliphatic carbocycles. The third-order valence-electron chi connectivity index (χ3n) is 6.72. The number of aromatic nitrogens is 1. The van der Waals surface area contributed by atoms with E-state index in [-0.39, 0.29) is 5.82 Å². The first-order valence-electron chi connectivity index (χ1n) is 10.9. The highest BCUT2D eigenvalue weighted by Crippen LogP contribution is 2.40. The number of thioether (sulfide) groups is 1. The summed E-state index contributed by atoms with van der Waals surface area (Å²) >= 11 is 2.02. The maximum Gasteiger partial charge on any atom is 0.125 e. The van der Waals surface area contributed by atoms with Crippen molar-refractivity contribution in [2.75, 3.05) is 37.7 Å². The van der Waals surface area contributed by atoms with E-state index in [0.29, 0.717) is 5.37 Å². The first-order chi connectivity index (χ1) is 14.7. The Labute approximate surface area is 180 Å². The maximum absolute atomic E-state index is 13.6. The van der Waals surface area contributed by atoms with E-state index in [9.17, 15) is 4.39 Å². The van der Waals surface area contributed by atoms with Crippen LogP contribution in [-0.4, -0.2) is 48.1 Å². The zero-order valence-corrected chi connectivity index (χ0v) is 17.8. The summed E-state index contributed by atoms with van der Waals surface area (Å²) in [7, 11) is 0. The van der Waals surface area contributed by atoms with Crippen LogP contribution in [0.15, 0.2) is 41.3 Å². The molecule has 0 bridgehead atoms. The summed E-state index contributed by atoms with van der Waals surface area (Å²) < 4.78 is 19.1. The summed E-state index contributed by atoms with van der Waals surface area (Å²) in [4.78, 5) is 9.91. The zero-order valence-electron chi connectivity index (χ0n) is 17.0. The Morgan fingerprint density at radius 2 is 1.93 bits per heavy atom. The molecule has 4 nitrogen and oxygen atoms in total. The standard InChI is InChI=1S/C24H26FN3OS/c25-17-2-4-19-20-15-28(8-7-21(20)26-22(19)14-17)18-3-5-23-16(13-18)1-6-24(30-23)27-9-11-29-12-10-27/h2-5,13-14,24,26H,1,6-12,15H2. The van der Waals surface area contributed by atoms with Crippen LogP contribution in [0.1, 0.15) is 23.2 Å². The van der Waals surface area contributed by atoms with Gasteiger partial charge in [0, 0.05) is 65.3 Å². The fourth-order valence-electron chi connectivity index (χ4n) is 5.09. The van der Waals surface area contributed by atoms with Gasteiger partial charge in [-0.2, -0.15) is 0 Å². The molecule has 1 saturated heterocycles. The maximum atomic E-state index is 13.6. The minimum absolute atomic E-state index is 0.180. The van der Waals surface area contributed by atoms with Gasteiger partial charge in [-0.3, -0.25) is 4.90 Å². The molecule has 0 radical (unpaired) electrons. The zero-order chi connectivity index (χ0) is 20.1. The van der Waals surface area contributed by atoms with Crippen LogP contribution in [0.5, 0.6) is 0 Å². The number of rotatable bonds is 2. The number of H-pyrrole nitrogens is 1. The largest absolute Gasteiger partial charge is 0.379 e. The van der Waals surface area contributed by atoms with Gasteiger partial charge in [0.1, 0.15) is 5.82 Å². The van der Waals surface area contributed by atoms with E-state index in [1.54, 1.807) is 12.1 Å². The average Bonchev–Trinajstić information content (AvgIpc) is 3.15. The van der Waals surface area contributed by atoms with Crippen LogP contribution in [0, 0.1) is 5.82 Å². The minimum Gasteiger partial charge on any atom is -0.379 e. The summed E-state index contributed by atoms with van der Waals surface area (Å²) in [5.74, 6) is -0.180. The molecule has 3 aliphatic rings. The molecule has 1 N–H and O–H groups in total. The van der Waals surface area contributed by atoms with Crippen molar-refractivity contribution >= 4 is 28.4 Å². The van der Waals surface area contributed by atoms with E-state index in [4.69, 9.17) is 4.74 Å². The van der Waals surface area contributed by atoms with Crippen LogP contribution >= 0.6 is 11.8 Å². The normalized spacial score (nSPS) is 22.2. The molecule has 4 heterocycles. The second kappa shape index (κ2) is 7.59. The number of fused-ring (bicyclic) bond motifs is 4. The molecule has 156 valence electrons. The number of aromatic amines is 1. The van der Waals surface area contributed by atoms with E-state index in [1.807, 2.05) is 17.8 Å². The Morgan fingerprint density at radius 1 is 1.03 bits per heavy atom. The Morgan fingerprint density at radius 3 is 2.83 bits per heavy atom. The molecule has 3 aromatic rings. The highest BCUT2D eigenvalue weighted by atomic mass is 32.2. The summed E-state index contributed by atoms with van der Waals surface area (Å²) in [6.07, 6.45) is 3.32. The lowest BCUT2D eigenvalue weighted by Crippen LogP contribution is -2.43. The Kier molecular flexibility index (Phi) is 4.74. The number of nitrogens with one attached hydrogen (secondary N) is 1. The van der Waals surface area contributed by atoms with Crippen molar-refractivity contribution in [3.05, 3.63) is 59.0 Å². The third kappa shape index (κ3) is 3.31. The summed E-state index contributed by atoms with van der Waals surface area (Å²) in [6.45, 7) is 5.69. The molecule has 6 heteroatoms. The van der Waals surface area contributed by atoms with Gasteiger partial charge in [0.15, 0.2) is 0 Å². The van der Waals surface area contributed by atoms with Gasteiger partial charge in [-0.25, -0.2) is 4.39 Å². The van der Waals surface area contributed by atoms with E-state index in [2.05, 4.69) is 33.0 Å². The highest BCUT2D eigenvalue weighted by Gasteiger charge is 2.27. The highest BCUT2D eigenvalue weighted by molar-refractivity contribution is 8.00. The number of hydrogen-bond donors (Lipinski definition) is 1. The lowest BCUT2D eigenvalue weighted by Gasteiger charge is -2.37. The quantitative estimate of drug-likeness (QED) is 0.655. The van der Waals surface area contributed by atoms with Crippen LogP contribution in [0.4, 0.5) is 10.1 Å². The minimum atomic E-state index is -0.180. The predicted octanol–water partition coefficient (Wildman–Crippen LogP) is 4.57. The van der Waals surface area contributed by atoms with Crippen molar-refractivity contribution in [3.63, 3.8) is 0 Å². The molecule has 1 atom stereocenters. The molecule has 0 saturated carbocycles. The second-order valence-corrected chi connectivity index (χ2v) is 9.71. The van der Waals surface area contributed by atoms with E-state index in [1.165, 1.54) is 33.8 Å². The number of benzene rings is 2. The molecule has 3 aliphatic heterocycles. The van der Waals surface area contributed by atoms with Gasteiger partial charge in [0.25, 0.3) is 0 Å². The number of aryl methyl sites for hydroxylation is 1. The van der Waals surface area contributed by atoms with Crippen molar-refractivity contribution < 1.29 is 9.13 Å². The topological polar surface area (TPSA) is 31.5 Å². The Bertz CT molecular complexity index is 1090. The van der Waals surface area contributed by atoms with E-state index < -0.39 is 0 Å². The smallest absolute Gasteiger partial charge is 0.125 e. The molecular weight excluding hydrogens is 397 g/mol. The summed E-state index contributed by atoms with van der Waals surface area (Å²) in [5.41, 5.74) is 6.28. The molecule has 0 spiro atoms. The molecule has 2 aromatic carbocycles. The molecule has 30 heavy (non-hydrogen) atoms. The molecule has 6 rings (SSSR count). The van der Waals surface area contributed by atoms with Gasteiger partial charge in [0.2, 0.25) is 0 Å². The molecule has 1 unspecified atom stereocenters. The average molecular weight is 424 g/mol. The van der Waals surface area contributed by atoms with Gasteiger partial charge >= 0.3 is 0 Å². The van der Waals surface area contributed by atoms with Gasteiger partial charge in [-0.15, -0.1) is 11.8 Å². The molecule has 1 aromatic heterocycles. The van der Waals surface area contributed by atoms with Gasteiger partial charge in [0.05, 0.1) is 18.6 Å². The first-order valence-corrected chi connectivity index (χ1v) is 11.8. The van der Waals surface area contributed by atoms with Crippen LogP contribution in [0.3, 0.4) is 0 Å². The lowest BCUT2D eigenvalue weighted by molar-refractivity contribution is 0.0311. The fraction of sp³-hybridized carbons (Fsp3) is 0.417. The van der Waals surface area contributed by atoms with Crippen molar-refractivity contribution in [1.29, 1.82) is 0 Å². The van der Waals surface area contributed by atoms with Crippen molar-refractivity contribution in [2.45, 2.75) is 36.1 Å². The molecule has 0 amide bonds. The van der Waals surface area contributed by atoms with Gasteiger partial charge in [-0.05, 0) is 54.8 Å². The Hall–Kier alpha value is -2.02. The Balaban J connectivity index is 1.23. The number of morpholine rings is 1. The van der Waals surface area contributed by atoms with Crippen LogP contribution < -0.4 is 4.90 Å². The summed E-state index contributed by atoms with van der Waals surface area (Å²) in [6, 6.07) is 12.1. The van der Waals surface area contributed by atoms with Gasteiger partial charge in [-0.1, -0.05) is 0 Å². The fourth-order valence-corrected chi connectivity index (χ4v) is 6.44. The monoisotopic (exact) mass is 423 g/mol.